The third-order valence-electron chi connectivity index (χ3n) is 4.75. The quantitative estimate of drug-likeness (QED) is 0.901. The molecular weight excluding hydrogens is 350 g/mol. The van der Waals surface area contributed by atoms with E-state index in [1.807, 2.05) is 47.5 Å². The van der Waals surface area contributed by atoms with E-state index in [1.165, 1.54) is 11.1 Å². The van der Waals surface area contributed by atoms with Crippen molar-refractivity contribution in [2.45, 2.75) is 19.1 Å². The molecule has 0 bridgehead atoms. The normalized spacial score (nSPS) is 18.5. The molecule has 136 valence electrons. The van der Waals surface area contributed by atoms with Crippen LogP contribution in [0.3, 0.4) is 0 Å². The Hall–Kier alpha value is -2.37. The highest BCUT2D eigenvalue weighted by Crippen LogP contribution is 2.28. The summed E-state index contributed by atoms with van der Waals surface area (Å²) in [6, 6.07) is 13.9. The summed E-state index contributed by atoms with van der Waals surface area (Å²) in [7, 11) is 0. The molecule has 2 aliphatic rings. The van der Waals surface area contributed by atoms with Crippen LogP contribution in [0, 0.1) is 0 Å². The van der Waals surface area contributed by atoms with Crippen LogP contribution in [-0.4, -0.2) is 41.7 Å². The van der Waals surface area contributed by atoms with E-state index in [1.54, 1.807) is 0 Å². The predicted molar refractivity (Wildman–Crippen MR) is 103 cm³/mol. The summed E-state index contributed by atoms with van der Waals surface area (Å²) < 4.78 is 5.55. The van der Waals surface area contributed by atoms with Crippen LogP contribution in [0.4, 0.5) is 4.79 Å². The van der Waals surface area contributed by atoms with E-state index >= 15 is 0 Å². The van der Waals surface area contributed by atoms with Crippen molar-refractivity contribution < 1.29 is 9.53 Å². The molecule has 2 heterocycles. The van der Waals surface area contributed by atoms with Gasteiger partial charge in [-0.3, -0.25) is 9.88 Å². The van der Waals surface area contributed by atoms with Crippen molar-refractivity contribution in [3.63, 3.8) is 0 Å². The first kappa shape index (κ1) is 18.4. The number of nitrogens with zero attached hydrogens (tertiary/aromatic N) is 2. The molecule has 1 unspecified atom stereocenters. The minimum atomic E-state index is -0.250. The zero-order valence-corrected chi connectivity index (χ0v) is 15.2. The lowest BCUT2D eigenvalue weighted by atomic mass is 10.0. The zero-order valence-electron chi connectivity index (χ0n) is 14.4. The van der Waals surface area contributed by atoms with Gasteiger partial charge in [-0.1, -0.05) is 36.4 Å². The fourth-order valence-electron chi connectivity index (χ4n) is 3.45. The number of amides is 1. The smallest absolute Gasteiger partial charge is 0.410 e. The molecule has 1 aromatic carbocycles. The summed E-state index contributed by atoms with van der Waals surface area (Å²) in [6.07, 6.45) is 4.52. The van der Waals surface area contributed by atoms with E-state index in [0.29, 0.717) is 13.2 Å². The predicted octanol–water partition coefficient (Wildman–Crippen LogP) is 3.05. The Bertz CT molecular complexity index is 795. The molecule has 0 radical (unpaired) electrons. The van der Waals surface area contributed by atoms with Crippen molar-refractivity contribution >= 4 is 24.6 Å². The second-order valence-corrected chi connectivity index (χ2v) is 6.40. The zero-order chi connectivity index (χ0) is 17.1. The van der Waals surface area contributed by atoms with Crippen molar-refractivity contribution in [2.24, 2.45) is 0 Å². The number of rotatable bonds is 3. The van der Waals surface area contributed by atoms with Crippen LogP contribution >= 0.6 is 12.4 Å². The highest BCUT2D eigenvalue weighted by molar-refractivity contribution is 5.85. The van der Waals surface area contributed by atoms with Crippen LogP contribution < -0.4 is 5.32 Å². The maximum atomic E-state index is 12.6. The fourth-order valence-corrected chi connectivity index (χ4v) is 3.45. The van der Waals surface area contributed by atoms with Crippen molar-refractivity contribution in [1.29, 1.82) is 0 Å². The van der Waals surface area contributed by atoms with Crippen LogP contribution in [0.15, 0.2) is 54.2 Å². The summed E-state index contributed by atoms with van der Waals surface area (Å²) >= 11 is 0. The average molecular weight is 372 g/mol. The Morgan fingerprint density at radius 3 is 2.88 bits per heavy atom. The molecule has 1 aliphatic heterocycles. The molecule has 1 amide bonds. The van der Waals surface area contributed by atoms with E-state index in [2.05, 4.69) is 22.4 Å². The number of hydrogen-bond acceptors (Lipinski definition) is 4. The molecule has 6 heteroatoms. The highest BCUT2D eigenvalue weighted by Gasteiger charge is 2.32. The molecular formula is C20H22ClN3O2. The number of halogens is 1. The summed E-state index contributed by atoms with van der Waals surface area (Å²) in [5.41, 5.74) is 4.46. The second-order valence-electron chi connectivity index (χ2n) is 6.40. The molecule has 1 fully saturated rings. The highest BCUT2D eigenvalue weighted by atomic mass is 35.5. The van der Waals surface area contributed by atoms with Gasteiger partial charge in [0.05, 0.1) is 11.7 Å². The Labute approximate surface area is 159 Å². The lowest BCUT2D eigenvalue weighted by Gasteiger charge is -2.36. The third-order valence-corrected chi connectivity index (χ3v) is 4.75. The standard InChI is InChI=1S/C20H21N3O2.ClH/c24-20(25-14-15-5-2-1-3-6-15)23-10-9-21-13-19(23)17-11-16-7-4-8-22-18(16)12-17;/h1-8,12,19,21H,9-11,13-14H2;1H. The second kappa shape index (κ2) is 8.34. The molecule has 1 N–H and O–H groups in total. The van der Waals surface area contributed by atoms with E-state index in [0.717, 1.165) is 30.8 Å². The number of pyridine rings is 1. The van der Waals surface area contributed by atoms with Gasteiger partial charge >= 0.3 is 6.09 Å². The van der Waals surface area contributed by atoms with Crippen molar-refractivity contribution in [2.75, 3.05) is 19.6 Å². The van der Waals surface area contributed by atoms with Gasteiger partial charge in [-0.25, -0.2) is 4.79 Å². The summed E-state index contributed by atoms with van der Waals surface area (Å²) in [4.78, 5) is 18.9. The van der Waals surface area contributed by atoms with Crippen LogP contribution in [0.1, 0.15) is 16.8 Å². The van der Waals surface area contributed by atoms with Gasteiger partial charge < -0.3 is 10.1 Å². The third kappa shape index (κ3) is 3.89. The number of aromatic nitrogens is 1. The van der Waals surface area contributed by atoms with Crippen molar-refractivity contribution in [3.8, 4) is 0 Å². The van der Waals surface area contributed by atoms with E-state index in [-0.39, 0.29) is 24.5 Å². The number of carbonyl (C=O) groups is 1. The first-order valence-electron chi connectivity index (χ1n) is 8.63. The molecule has 1 aliphatic carbocycles. The van der Waals surface area contributed by atoms with Crippen LogP contribution in [0.5, 0.6) is 0 Å². The van der Waals surface area contributed by atoms with Gasteiger partial charge in [-0.05, 0) is 35.3 Å². The monoisotopic (exact) mass is 371 g/mol. The molecule has 26 heavy (non-hydrogen) atoms. The van der Waals surface area contributed by atoms with Gasteiger partial charge in [0.1, 0.15) is 6.61 Å². The topological polar surface area (TPSA) is 54.5 Å². The number of hydrogen-bond donors (Lipinski definition) is 1. The average Bonchev–Trinajstić information content (AvgIpc) is 3.11. The Morgan fingerprint density at radius 2 is 2.08 bits per heavy atom. The SMILES string of the molecule is Cl.O=C(OCc1ccccc1)N1CCNCC1C1=Cc2ncccc2C1. The number of nitrogens with one attached hydrogen (secondary N) is 1. The van der Waals surface area contributed by atoms with E-state index in [4.69, 9.17) is 4.74 Å². The number of piperazine rings is 1. The van der Waals surface area contributed by atoms with Crippen molar-refractivity contribution in [1.82, 2.24) is 15.2 Å². The van der Waals surface area contributed by atoms with Gasteiger partial charge in [0, 0.05) is 25.8 Å². The number of fused-ring (bicyclic) bond motifs is 1. The van der Waals surface area contributed by atoms with Gasteiger partial charge in [0.25, 0.3) is 0 Å². The molecule has 2 aromatic rings. The maximum Gasteiger partial charge on any atom is 0.410 e. The van der Waals surface area contributed by atoms with Gasteiger partial charge in [-0.15, -0.1) is 12.4 Å². The van der Waals surface area contributed by atoms with Crippen LogP contribution in [0.2, 0.25) is 0 Å². The molecule has 5 nitrogen and oxygen atoms in total. The molecule has 0 spiro atoms. The molecule has 1 aromatic heterocycles. The Morgan fingerprint density at radius 1 is 1.23 bits per heavy atom. The number of benzene rings is 1. The van der Waals surface area contributed by atoms with Crippen molar-refractivity contribution in [3.05, 3.63) is 71.1 Å². The minimum absolute atomic E-state index is 0. The van der Waals surface area contributed by atoms with Gasteiger partial charge in [0.15, 0.2) is 0 Å². The summed E-state index contributed by atoms with van der Waals surface area (Å²) in [5.74, 6) is 0. The molecule has 1 saturated heterocycles. The number of carbonyl (C=O) groups excluding carboxylic acids is 1. The summed E-state index contributed by atoms with van der Waals surface area (Å²) in [5, 5.41) is 3.39. The minimum Gasteiger partial charge on any atom is -0.445 e. The van der Waals surface area contributed by atoms with Gasteiger partial charge in [0.2, 0.25) is 0 Å². The van der Waals surface area contributed by atoms with Crippen LogP contribution in [0.25, 0.3) is 6.08 Å². The largest absolute Gasteiger partial charge is 0.445 e. The Balaban J connectivity index is 0.00000196. The Kier molecular flexibility index (Phi) is 5.91. The number of ether oxygens (including phenoxy) is 1. The van der Waals surface area contributed by atoms with Crippen LogP contribution in [-0.2, 0) is 17.8 Å². The lowest BCUT2D eigenvalue weighted by molar-refractivity contribution is 0.0788. The maximum absolute atomic E-state index is 12.6. The van der Waals surface area contributed by atoms with E-state index < -0.39 is 0 Å². The van der Waals surface area contributed by atoms with E-state index in [9.17, 15) is 4.79 Å². The molecule has 0 saturated carbocycles. The molecule has 1 atom stereocenters. The fraction of sp³-hybridized carbons (Fsp3) is 0.300. The first-order chi connectivity index (χ1) is 12.3. The lowest BCUT2D eigenvalue weighted by Crippen LogP contribution is -2.54. The van der Waals surface area contributed by atoms with Gasteiger partial charge in [-0.2, -0.15) is 0 Å². The molecule has 4 rings (SSSR count). The summed E-state index contributed by atoms with van der Waals surface area (Å²) in [6.45, 7) is 2.49. The first-order valence-corrected chi connectivity index (χ1v) is 8.63.